The first-order valence-corrected chi connectivity index (χ1v) is 9.92. The van der Waals surface area contributed by atoms with Crippen molar-refractivity contribution in [2.45, 2.75) is 17.9 Å². The summed E-state index contributed by atoms with van der Waals surface area (Å²) in [6, 6.07) is 7.79. The summed E-state index contributed by atoms with van der Waals surface area (Å²) in [6.07, 6.45) is 0. The molecule has 1 amide bonds. The minimum Gasteiger partial charge on any atom is -0.493 e. The number of benzene rings is 2. The van der Waals surface area contributed by atoms with E-state index in [1.165, 1.54) is 39.3 Å². The maximum atomic E-state index is 12.6. The smallest absolute Gasteiger partial charge is 0.242 e. The molecule has 0 radical (unpaired) electrons. The predicted octanol–water partition coefficient (Wildman–Crippen LogP) is 3.32. The average molecular weight is 433 g/mol. The summed E-state index contributed by atoms with van der Waals surface area (Å²) >= 11 is 11.9. The van der Waals surface area contributed by atoms with Crippen molar-refractivity contribution >= 4 is 44.8 Å². The first kappa shape index (κ1) is 21.3. The molecule has 0 aliphatic rings. The fourth-order valence-electron chi connectivity index (χ4n) is 2.18. The molecule has 0 bridgehead atoms. The molecule has 0 aliphatic heterocycles. The van der Waals surface area contributed by atoms with Crippen molar-refractivity contribution in [1.29, 1.82) is 0 Å². The maximum absolute atomic E-state index is 12.6. The molecule has 0 saturated heterocycles. The third kappa shape index (κ3) is 5.04. The van der Waals surface area contributed by atoms with Gasteiger partial charge in [0, 0.05) is 6.07 Å². The number of nitrogens with one attached hydrogen (secondary N) is 2. The van der Waals surface area contributed by atoms with E-state index in [2.05, 4.69) is 10.0 Å². The molecule has 0 unspecified atom stereocenters. The van der Waals surface area contributed by atoms with E-state index in [0.717, 1.165) is 0 Å². The highest BCUT2D eigenvalue weighted by atomic mass is 35.5. The van der Waals surface area contributed by atoms with Gasteiger partial charge >= 0.3 is 0 Å². The lowest BCUT2D eigenvalue weighted by atomic mass is 10.3. The van der Waals surface area contributed by atoms with E-state index < -0.39 is 22.0 Å². The van der Waals surface area contributed by atoms with Crippen LogP contribution >= 0.6 is 23.2 Å². The van der Waals surface area contributed by atoms with Gasteiger partial charge in [-0.1, -0.05) is 29.3 Å². The van der Waals surface area contributed by atoms with Crippen molar-refractivity contribution in [3.05, 3.63) is 46.4 Å². The molecule has 2 rings (SSSR count). The van der Waals surface area contributed by atoms with Gasteiger partial charge in [0.25, 0.3) is 0 Å². The second-order valence-electron chi connectivity index (χ2n) is 5.45. The summed E-state index contributed by atoms with van der Waals surface area (Å²) in [5.74, 6) is 0.0456. The van der Waals surface area contributed by atoms with Crippen molar-refractivity contribution < 1.29 is 22.7 Å². The van der Waals surface area contributed by atoms with E-state index >= 15 is 0 Å². The van der Waals surface area contributed by atoms with Crippen LogP contribution in [0.5, 0.6) is 11.5 Å². The van der Waals surface area contributed by atoms with Gasteiger partial charge in [-0.05, 0) is 31.2 Å². The SMILES string of the molecule is COc1ccc(S(=O)(=O)N[C@@H](C)C(=O)Nc2cccc(Cl)c2Cl)cc1OC. The van der Waals surface area contributed by atoms with Gasteiger partial charge in [0.05, 0.1) is 40.9 Å². The number of methoxy groups -OCH3 is 2. The van der Waals surface area contributed by atoms with Crippen LogP contribution in [-0.2, 0) is 14.8 Å². The van der Waals surface area contributed by atoms with E-state index in [1.807, 2.05) is 0 Å². The zero-order valence-corrected chi connectivity index (χ0v) is 17.1. The number of sulfonamides is 1. The van der Waals surface area contributed by atoms with Crippen molar-refractivity contribution in [2.24, 2.45) is 0 Å². The van der Waals surface area contributed by atoms with Gasteiger partial charge in [-0.2, -0.15) is 4.72 Å². The molecule has 0 heterocycles. The minimum absolute atomic E-state index is 0.0689. The topological polar surface area (TPSA) is 93.7 Å². The highest BCUT2D eigenvalue weighted by Gasteiger charge is 2.24. The van der Waals surface area contributed by atoms with E-state index in [-0.39, 0.29) is 26.4 Å². The third-order valence-corrected chi connectivity index (χ3v) is 5.96. The Labute approximate surface area is 167 Å². The summed E-state index contributed by atoms with van der Waals surface area (Å²) in [6.45, 7) is 1.41. The highest BCUT2D eigenvalue weighted by molar-refractivity contribution is 7.89. The fraction of sp³-hybridized carbons (Fsp3) is 0.235. The highest BCUT2D eigenvalue weighted by Crippen LogP contribution is 2.30. The number of carbonyl (C=O) groups is 1. The first-order chi connectivity index (χ1) is 12.7. The van der Waals surface area contributed by atoms with Crippen LogP contribution in [-0.4, -0.2) is 34.6 Å². The van der Waals surface area contributed by atoms with Crippen LogP contribution in [0.4, 0.5) is 5.69 Å². The molecule has 27 heavy (non-hydrogen) atoms. The van der Waals surface area contributed by atoms with Crippen LogP contribution in [0.25, 0.3) is 0 Å². The molecule has 0 aliphatic carbocycles. The Balaban J connectivity index is 2.17. The second-order valence-corrected chi connectivity index (χ2v) is 7.95. The summed E-state index contributed by atoms with van der Waals surface area (Å²) in [5, 5.41) is 2.98. The Hall–Kier alpha value is -2.00. The van der Waals surface area contributed by atoms with Crippen molar-refractivity contribution in [1.82, 2.24) is 4.72 Å². The van der Waals surface area contributed by atoms with Crippen LogP contribution in [0.2, 0.25) is 10.0 Å². The average Bonchev–Trinajstić information content (AvgIpc) is 2.64. The van der Waals surface area contributed by atoms with Crippen molar-refractivity contribution in [3.8, 4) is 11.5 Å². The monoisotopic (exact) mass is 432 g/mol. The Bertz CT molecular complexity index is 950. The van der Waals surface area contributed by atoms with Crippen LogP contribution in [0.3, 0.4) is 0 Å². The van der Waals surface area contributed by atoms with E-state index in [4.69, 9.17) is 32.7 Å². The van der Waals surface area contributed by atoms with Crippen molar-refractivity contribution in [2.75, 3.05) is 19.5 Å². The second kappa shape index (κ2) is 8.79. The lowest BCUT2D eigenvalue weighted by Gasteiger charge is -2.16. The summed E-state index contributed by atoms with van der Waals surface area (Å²) in [7, 11) is -1.14. The standard InChI is InChI=1S/C17H18Cl2N2O5S/c1-10(17(22)20-13-6-4-5-12(18)16(13)19)21-27(23,24)11-7-8-14(25-2)15(9-11)26-3/h4-10,21H,1-3H3,(H,20,22)/t10-/m0/s1. The van der Waals surface area contributed by atoms with Gasteiger partial charge in [0.15, 0.2) is 11.5 Å². The normalized spacial score (nSPS) is 12.3. The molecule has 2 aromatic carbocycles. The lowest BCUT2D eigenvalue weighted by Crippen LogP contribution is -2.41. The Morgan fingerprint density at radius 2 is 1.74 bits per heavy atom. The number of hydrogen-bond donors (Lipinski definition) is 2. The molecule has 0 fully saturated rings. The molecule has 0 spiro atoms. The van der Waals surface area contributed by atoms with Crippen LogP contribution in [0, 0.1) is 0 Å². The van der Waals surface area contributed by atoms with Gasteiger partial charge in [0.2, 0.25) is 15.9 Å². The Morgan fingerprint density at radius 3 is 2.37 bits per heavy atom. The molecule has 0 aromatic heterocycles. The van der Waals surface area contributed by atoms with E-state index in [1.54, 1.807) is 18.2 Å². The zero-order valence-electron chi connectivity index (χ0n) is 14.7. The van der Waals surface area contributed by atoms with Gasteiger partial charge < -0.3 is 14.8 Å². The summed E-state index contributed by atoms with van der Waals surface area (Å²) < 4.78 is 37.6. The molecule has 146 valence electrons. The largest absolute Gasteiger partial charge is 0.493 e. The first-order valence-electron chi connectivity index (χ1n) is 7.69. The number of hydrogen-bond acceptors (Lipinski definition) is 5. The molecule has 10 heteroatoms. The third-order valence-electron chi connectivity index (χ3n) is 3.60. The quantitative estimate of drug-likeness (QED) is 0.699. The van der Waals surface area contributed by atoms with Crippen LogP contribution in [0.15, 0.2) is 41.3 Å². The molecule has 7 nitrogen and oxygen atoms in total. The number of carbonyl (C=O) groups excluding carboxylic acids is 1. The van der Waals surface area contributed by atoms with Crippen molar-refractivity contribution in [3.63, 3.8) is 0 Å². The van der Waals surface area contributed by atoms with Gasteiger partial charge in [0.1, 0.15) is 0 Å². The minimum atomic E-state index is -3.98. The molecule has 0 saturated carbocycles. The maximum Gasteiger partial charge on any atom is 0.242 e. The lowest BCUT2D eigenvalue weighted by molar-refractivity contribution is -0.117. The summed E-state index contributed by atoms with van der Waals surface area (Å²) in [5.41, 5.74) is 0.284. The van der Waals surface area contributed by atoms with Crippen LogP contribution < -0.4 is 19.5 Å². The number of anilines is 1. The number of ether oxygens (including phenoxy) is 2. The van der Waals surface area contributed by atoms with Gasteiger partial charge in [-0.15, -0.1) is 0 Å². The van der Waals surface area contributed by atoms with E-state index in [9.17, 15) is 13.2 Å². The number of amides is 1. The number of halogens is 2. The van der Waals surface area contributed by atoms with Gasteiger partial charge in [-0.25, -0.2) is 8.42 Å². The van der Waals surface area contributed by atoms with E-state index in [0.29, 0.717) is 5.75 Å². The zero-order chi connectivity index (χ0) is 20.2. The van der Waals surface area contributed by atoms with Gasteiger partial charge in [-0.3, -0.25) is 4.79 Å². The fourth-order valence-corrected chi connectivity index (χ4v) is 3.75. The van der Waals surface area contributed by atoms with Crippen LogP contribution in [0.1, 0.15) is 6.92 Å². The predicted molar refractivity (Wildman–Crippen MR) is 104 cm³/mol. The molecule has 2 aromatic rings. The molecular formula is C17H18Cl2N2O5S. The number of rotatable bonds is 7. The Morgan fingerprint density at radius 1 is 1.07 bits per heavy atom. The molecule has 2 N–H and O–H groups in total. The Kier molecular flexibility index (Phi) is 6.94. The summed E-state index contributed by atoms with van der Waals surface area (Å²) in [4.78, 5) is 12.3. The molecular weight excluding hydrogens is 415 g/mol. The molecule has 1 atom stereocenters.